The van der Waals surface area contributed by atoms with Gasteiger partial charge in [0.2, 0.25) is 0 Å². The van der Waals surface area contributed by atoms with Gasteiger partial charge in [0.05, 0.1) is 19.8 Å². The normalized spacial score (nSPS) is 27.4. The first-order valence-corrected chi connectivity index (χ1v) is 9.92. The Kier molecular flexibility index (Phi) is 5.47. The van der Waals surface area contributed by atoms with Gasteiger partial charge < -0.3 is 14.6 Å². The van der Waals surface area contributed by atoms with E-state index < -0.39 is 5.79 Å². The Balaban J connectivity index is 1.77. The van der Waals surface area contributed by atoms with Gasteiger partial charge in [-0.1, -0.05) is 37.3 Å². The second-order valence-corrected chi connectivity index (χ2v) is 9.89. The maximum absolute atomic E-state index is 9.60. The van der Waals surface area contributed by atoms with E-state index in [1.165, 1.54) is 0 Å². The fraction of sp³-hybridized carbons (Fsp3) is 0.727. The van der Waals surface area contributed by atoms with E-state index in [-0.39, 0.29) is 29.2 Å². The zero-order chi connectivity index (χ0) is 19.9. The molecule has 1 aromatic rings. The maximum atomic E-state index is 9.60. The topological polar surface area (TPSA) is 51.2 Å². The van der Waals surface area contributed by atoms with Crippen LogP contribution >= 0.6 is 0 Å². The van der Waals surface area contributed by atoms with Crippen molar-refractivity contribution < 1.29 is 19.4 Å². The van der Waals surface area contributed by atoms with Crippen molar-refractivity contribution in [3.8, 4) is 0 Å². The van der Waals surface area contributed by atoms with E-state index >= 15 is 0 Å². The molecule has 3 rings (SSSR count). The lowest BCUT2D eigenvalue weighted by molar-refractivity contribution is -0.389. The minimum absolute atomic E-state index is 0.0373. The van der Waals surface area contributed by atoms with Gasteiger partial charge in [0.25, 0.3) is 0 Å². The first-order valence-electron chi connectivity index (χ1n) is 9.92. The van der Waals surface area contributed by atoms with Crippen molar-refractivity contribution in [2.24, 2.45) is 5.41 Å². The average Bonchev–Trinajstić information content (AvgIpc) is 2.61. The molecular weight excluding hydrogens is 342 g/mol. The van der Waals surface area contributed by atoms with Gasteiger partial charge in [-0.05, 0) is 40.2 Å². The van der Waals surface area contributed by atoms with Crippen LogP contribution in [0.25, 0.3) is 0 Å². The summed E-state index contributed by atoms with van der Waals surface area (Å²) >= 11 is 0. The second-order valence-electron chi connectivity index (χ2n) is 9.89. The Bertz CT molecular complexity index is 615. The highest BCUT2D eigenvalue weighted by Crippen LogP contribution is 2.49. The fourth-order valence-electron chi connectivity index (χ4n) is 4.56. The van der Waals surface area contributed by atoms with E-state index in [1.54, 1.807) is 0 Å². The van der Waals surface area contributed by atoms with Crippen LogP contribution in [0.4, 0.5) is 0 Å². The quantitative estimate of drug-likeness (QED) is 0.857. The van der Waals surface area contributed by atoms with Gasteiger partial charge in [-0.2, -0.15) is 5.06 Å². The van der Waals surface area contributed by atoms with Gasteiger partial charge in [0, 0.05) is 29.3 Å². The molecule has 5 nitrogen and oxygen atoms in total. The molecule has 1 N–H and O–H groups in total. The smallest absolute Gasteiger partial charge is 0.171 e. The van der Waals surface area contributed by atoms with Crippen molar-refractivity contribution in [1.82, 2.24) is 5.06 Å². The number of aliphatic hydroxyl groups excluding tert-OH is 1. The zero-order valence-electron chi connectivity index (χ0n) is 17.6. The first kappa shape index (κ1) is 20.7. The maximum Gasteiger partial charge on any atom is 0.171 e. The number of aliphatic hydroxyl groups is 1. The lowest BCUT2D eigenvalue weighted by atomic mass is 9.77. The molecule has 1 unspecified atom stereocenters. The predicted octanol–water partition coefficient (Wildman–Crippen LogP) is 4.07. The Morgan fingerprint density at radius 2 is 1.52 bits per heavy atom. The fourth-order valence-corrected chi connectivity index (χ4v) is 4.56. The molecule has 1 spiro atoms. The Morgan fingerprint density at radius 3 is 2.00 bits per heavy atom. The molecule has 2 fully saturated rings. The van der Waals surface area contributed by atoms with Crippen LogP contribution in [0.15, 0.2) is 30.3 Å². The molecule has 0 radical (unpaired) electrons. The summed E-state index contributed by atoms with van der Waals surface area (Å²) in [6, 6.07) is 10.3. The van der Waals surface area contributed by atoms with E-state index in [9.17, 15) is 5.11 Å². The van der Waals surface area contributed by atoms with Crippen LogP contribution in [0.3, 0.4) is 0 Å². The standard InChI is InChI=1S/C22H35NO4/c1-17(18-10-8-7-9-11-18)27-23-19(2,3)12-22(13-20(23,4)5)25-15-21(6,14-24)16-26-22/h7-11,17,24H,12-16H2,1-6H3. The van der Waals surface area contributed by atoms with Crippen molar-refractivity contribution in [3.05, 3.63) is 35.9 Å². The van der Waals surface area contributed by atoms with Crippen molar-refractivity contribution in [3.63, 3.8) is 0 Å². The number of piperidine rings is 1. The summed E-state index contributed by atoms with van der Waals surface area (Å²) in [6.45, 7) is 13.9. The van der Waals surface area contributed by atoms with Crippen molar-refractivity contribution in [1.29, 1.82) is 0 Å². The number of hydrogen-bond donors (Lipinski definition) is 1. The van der Waals surface area contributed by atoms with Gasteiger partial charge in [-0.15, -0.1) is 0 Å². The summed E-state index contributed by atoms with van der Waals surface area (Å²) in [7, 11) is 0. The molecule has 0 aromatic heterocycles. The summed E-state index contributed by atoms with van der Waals surface area (Å²) in [5, 5.41) is 11.7. The molecular formula is C22H35NO4. The van der Waals surface area contributed by atoms with Crippen LogP contribution in [0, 0.1) is 5.41 Å². The highest BCUT2D eigenvalue weighted by Gasteiger charge is 2.57. The highest BCUT2D eigenvalue weighted by atomic mass is 16.7. The third kappa shape index (κ3) is 4.22. The van der Waals surface area contributed by atoms with Crippen LogP contribution in [-0.2, 0) is 14.3 Å². The average molecular weight is 378 g/mol. The van der Waals surface area contributed by atoms with Crippen LogP contribution in [0.1, 0.15) is 66.1 Å². The largest absolute Gasteiger partial charge is 0.396 e. The Morgan fingerprint density at radius 1 is 1.00 bits per heavy atom. The van der Waals surface area contributed by atoms with Crippen LogP contribution < -0.4 is 0 Å². The molecule has 2 saturated heterocycles. The predicted molar refractivity (Wildman–Crippen MR) is 105 cm³/mol. The third-order valence-corrected chi connectivity index (χ3v) is 5.79. The molecule has 0 saturated carbocycles. The molecule has 0 aliphatic carbocycles. The minimum Gasteiger partial charge on any atom is -0.396 e. The van der Waals surface area contributed by atoms with E-state index in [0.29, 0.717) is 26.1 Å². The number of hydrogen-bond acceptors (Lipinski definition) is 5. The molecule has 0 amide bonds. The molecule has 5 heteroatoms. The molecule has 152 valence electrons. The molecule has 27 heavy (non-hydrogen) atoms. The van der Waals surface area contributed by atoms with Crippen LogP contribution in [0.2, 0.25) is 0 Å². The number of hydroxylamine groups is 2. The van der Waals surface area contributed by atoms with Crippen molar-refractivity contribution in [2.45, 2.75) is 77.4 Å². The number of nitrogens with zero attached hydrogens (tertiary/aromatic N) is 1. The van der Waals surface area contributed by atoms with E-state index in [4.69, 9.17) is 14.3 Å². The molecule has 1 aromatic carbocycles. The van der Waals surface area contributed by atoms with E-state index in [1.807, 2.05) is 25.1 Å². The highest BCUT2D eigenvalue weighted by molar-refractivity contribution is 5.17. The lowest BCUT2D eigenvalue weighted by Gasteiger charge is -2.59. The second kappa shape index (κ2) is 7.12. The summed E-state index contributed by atoms with van der Waals surface area (Å²) in [6.07, 6.45) is 1.39. The van der Waals surface area contributed by atoms with Gasteiger partial charge in [0.15, 0.2) is 5.79 Å². The Labute approximate surface area is 163 Å². The SMILES string of the molecule is CC(ON1C(C)(C)CC2(CC1(C)C)OCC(C)(CO)CO2)c1ccccc1. The van der Waals surface area contributed by atoms with Gasteiger partial charge >= 0.3 is 0 Å². The van der Waals surface area contributed by atoms with E-state index in [0.717, 1.165) is 5.56 Å². The van der Waals surface area contributed by atoms with Crippen LogP contribution in [0.5, 0.6) is 0 Å². The molecule has 2 aliphatic rings. The minimum atomic E-state index is -0.627. The number of benzene rings is 1. The summed E-state index contributed by atoms with van der Waals surface area (Å²) < 4.78 is 12.5. The third-order valence-electron chi connectivity index (χ3n) is 5.79. The molecule has 2 aliphatic heterocycles. The van der Waals surface area contributed by atoms with Crippen LogP contribution in [-0.4, -0.2) is 46.9 Å². The summed E-state index contributed by atoms with van der Waals surface area (Å²) in [5.41, 5.74) is 0.304. The summed E-state index contributed by atoms with van der Waals surface area (Å²) in [5.74, 6) is -0.627. The van der Waals surface area contributed by atoms with E-state index in [2.05, 4.69) is 51.8 Å². The van der Waals surface area contributed by atoms with Crippen molar-refractivity contribution >= 4 is 0 Å². The monoisotopic (exact) mass is 377 g/mol. The molecule has 2 heterocycles. The van der Waals surface area contributed by atoms with Crippen molar-refractivity contribution in [2.75, 3.05) is 19.8 Å². The lowest BCUT2D eigenvalue weighted by Crippen LogP contribution is -2.68. The van der Waals surface area contributed by atoms with Gasteiger partial charge in [0.1, 0.15) is 6.10 Å². The first-order chi connectivity index (χ1) is 12.5. The van der Waals surface area contributed by atoms with Gasteiger partial charge in [-0.25, -0.2) is 0 Å². The number of rotatable bonds is 4. The number of ether oxygens (including phenoxy) is 2. The Hall–Kier alpha value is -0.980. The summed E-state index contributed by atoms with van der Waals surface area (Å²) in [4.78, 5) is 6.49. The zero-order valence-corrected chi connectivity index (χ0v) is 17.6. The molecule has 0 bridgehead atoms. The van der Waals surface area contributed by atoms with Gasteiger partial charge in [-0.3, -0.25) is 4.84 Å². The molecule has 1 atom stereocenters.